The minimum absolute atomic E-state index is 0.283. The molecular weight excluding hydrogens is 418 g/mol. The first-order chi connectivity index (χ1) is 16.1. The van der Waals surface area contributed by atoms with Crippen LogP contribution in [0.25, 0.3) is 33.9 Å². The van der Waals surface area contributed by atoms with Crippen LogP contribution in [-0.4, -0.2) is 27.2 Å². The van der Waals surface area contributed by atoms with E-state index in [0.29, 0.717) is 34.3 Å². The first-order valence-corrected chi connectivity index (χ1v) is 11.4. The molecule has 3 aromatic heterocycles. The number of hydrogen-bond donors (Lipinski definition) is 0. The number of aryl methyl sites for hydroxylation is 1. The van der Waals surface area contributed by atoms with E-state index < -0.39 is 11.6 Å². The van der Waals surface area contributed by atoms with Gasteiger partial charge in [0.05, 0.1) is 12.3 Å². The van der Waals surface area contributed by atoms with Gasteiger partial charge in [0.1, 0.15) is 16.7 Å². The van der Waals surface area contributed by atoms with Gasteiger partial charge in [-0.05, 0) is 25.5 Å². The summed E-state index contributed by atoms with van der Waals surface area (Å²) in [7, 11) is 0. The monoisotopic (exact) mass is 445 g/mol. The van der Waals surface area contributed by atoms with Crippen molar-refractivity contribution in [2.45, 2.75) is 46.0 Å². The molecular formula is C26H27N3O4. The minimum atomic E-state index is -0.475. The third kappa shape index (κ3) is 4.72. The van der Waals surface area contributed by atoms with Crippen molar-refractivity contribution in [3.05, 3.63) is 70.4 Å². The number of aromatic nitrogens is 3. The van der Waals surface area contributed by atoms with Crippen LogP contribution in [0.3, 0.4) is 0 Å². The number of esters is 1. The number of nitrogens with zero attached hydrogens (tertiary/aromatic N) is 3. The molecule has 0 aliphatic heterocycles. The van der Waals surface area contributed by atoms with Crippen LogP contribution in [0.15, 0.2) is 57.9 Å². The zero-order chi connectivity index (χ0) is 23.2. The van der Waals surface area contributed by atoms with Crippen molar-refractivity contribution in [2.24, 2.45) is 0 Å². The Kier molecular flexibility index (Phi) is 6.98. The lowest BCUT2D eigenvalue weighted by Crippen LogP contribution is -2.06. The number of benzene rings is 1. The lowest BCUT2D eigenvalue weighted by molar-refractivity contribution is -0.137. The number of carbonyl (C=O) groups is 1. The van der Waals surface area contributed by atoms with E-state index in [4.69, 9.17) is 14.3 Å². The minimum Gasteiger partial charge on any atom is -0.463 e. The maximum absolute atomic E-state index is 13.0. The predicted octanol–water partition coefficient (Wildman–Crippen LogP) is 5.20. The second kappa shape index (κ2) is 10.3. The summed E-state index contributed by atoms with van der Waals surface area (Å²) < 4.78 is 12.5. The van der Waals surface area contributed by atoms with Crippen molar-refractivity contribution < 1.29 is 13.9 Å². The first kappa shape index (κ1) is 22.5. The highest BCUT2D eigenvalue weighted by molar-refractivity contribution is 5.99. The van der Waals surface area contributed by atoms with Gasteiger partial charge in [-0.3, -0.25) is 0 Å². The average molecular weight is 446 g/mol. The van der Waals surface area contributed by atoms with E-state index in [1.807, 2.05) is 36.4 Å². The van der Waals surface area contributed by atoms with Crippen molar-refractivity contribution in [3.8, 4) is 11.3 Å². The van der Waals surface area contributed by atoms with E-state index in [2.05, 4.69) is 11.9 Å². The van der Waals surface area contributed by atoms with Gasteiger partial charge in [-0.1, -0.05) is 56.5 Å². The number of fused-ring (bicyclic) bond motifs is 3. The Bertz CT molecular complexity index is 1350. The van der Waals surface area contributed by atoms with Crippen molar-refractivity contribution in [2.75, 3.05) is 6.61 Å². The van der Waals surface area contributed by atoms with Crippen LogP contribution >= 0.6 is 0 Å². The van der Waals surface area contributed by atoms with E-state index in [1.54, 1.807) is 23.7 Å². The highest BCUT2D eigenvalue weighted by atomic mass is 16.5. The quantitative estimate of drug-likeness (QED) is 0.200. The van der Waals surface area contributed by atoms with Gasteiger partial charge in [0, 0.05) is 29.8 Å². The molecule has 7 nitrogen and oxygen atoms in total. The van der Waals surface area contributed by atoms with Crippen LogP contribution < -0.4 is 5.63 Å². The third-order valence-electron chi connectivity index (χ3n) is 5.49. The molecule has 4 aromatic rings. The molecule has 0 fully saturated rings. The molecule has 3 heterocycles. The molecule has 0 unspecified atom stereocenters. The molecule has 0 radical (unpaired) electrons. The second-order valence-electron chi connectivity index (χ2n) is 7.78. The smallest absolute Gasteiger partial charge is 0.349 e. The molecule has 0 spiro atoms. The Hall–Kier alpha value is -3.74. The second-order valence-corrected chi connectivity index (χ2v) is 7.78. The first-order valence-electron chi connectivity index (χ1n) is 11.4. The van der Waals surface area contributed by atoms with Gasteiger partial charge in [0.15, 0.2) is 5.65 Å². The fourth-order valence-electron chi connectivity index (χ4n) is 3.91. The molecule has 7 heteroatoms. The van der Waals surface area contributed by atoms with E-state index in [9.17, 15) is 9.59 Å². The lowest BCUT2D eigenvalue weighted by Gasteiger charge is -2.05. The van der Waals surface area contributed by atoms with Gasteiger partial charge < -0.3 is 9.15 Å². The summed E-state index contributed by atoms with van der Waals surface area (Å²) in [6, 6.07) is 11.6. The highest BCUT2D eigenvalue weighted by Gasteiger charge is 2.20. The molecule has 0 atom stereocenters. The normalized spacial score (nSPS) is 11.6. The Morgan fingerprint density at radius 3 is 2.70 bits per heavy atom. The standard InChI is InChI=1S/C26H27N3O4/c1-3-5-6-10-13-21-19(14-15-22(30)32-4-2)24-23(26(31)33-21)25-27-17-16-20(29(25)28-24)18-11-8-7-9-12-18/h7-9,11-12,14-17H,3-6,10,13H2,1-2H3/b15-14+. The number of unbranched alkanes of at least 4 members (excludes halogenated alkanes) is 3. The van der Waals surface area contributed by atoms with E-state index >= 15 is 0 Å². The number of carbonyl (C=O) groups excluding carboxylic acids is 1. The summed E-state index contributed by atoms with van der Waals surface area (Å²) in [5, 5.41) is 5.07. The average Bonchev–Trinajstić information content (AvgIpc) is 3.22. The maximum atomic E-state index is 13.0. The van der Waals surface area contributed by atoms with Crippen LogP contribution in [0.4, 0.5) is 0 Å². The fraction of sp³-hybridized carbons (Fsp3) is 0.308. The van der Waals surface area contributed by atoms with Gasteiger partial charge in [0.2, 0.25) is 0 Å². The number of hydrogen-bond acceptors (Lipinski definition) is 6. The topological polar surface area (TPSA) is 86.7 Å². The molecule has 0 saturated heterocycles. The molecule has 0 bridgehead atoms. The molecule has 1 aromatic carbocycles. The molecule has 0 aliphatic rings. The Labute approximate surface area is 191 Å². The fourth-order valence-corrected chi connectivity index (χ4v) is 3.91. The molecule has 0 aliphatic carbocycles. The molecule has 170 valence electrons. The van der Waals surface area contributed by atoms with Crippen LogP contribution in [0.1, 0.15) is 50.9 Å². The molecule has 0 amide bonds. The maximum Gasteiger partial charge on any atom is 0.349 e. The number of ether oxygens (including phenoxy) is 1. The van der Waals surface area contributed by atoms with Crippen molar-refractivity contribution in [1.82, 2.24) is 14.6 Å². The van der Waals surface area contributed by atoms with Crippen molar-refractivity contribution >= 4 is 28.6 Å². The van der Waals surface area contributed by atoms with Gasteiger partial charge in [-0.2, -0.15) is 5.10 Å². The number of rotatable bonds is 9. The van der Waals surface area contributed by atoms with Gasteiger partial charge in [-0.25, -0.2) is 19.1 Å². The lowest BCUT2D eigenvalue weighted by atomic mass is 10.1. The summed E-state index contributed by atoms with van der Waals surface area (Å²) in [5.74, 6) is 0.0643. The van der Waals surface area contributed by atoms with E-state index in [0.717, 1.165) is 36.9 Å². The van der Waals surface area contributed by atoms with Crippen LogP contribution in [-0.2, 0) is 16.0 Å². The van der Waals surface area contributed by atoms with E-state index in [1.165, 1.54) is 6.08 Å². The molecule has 4 rings (SSSR count). The van der Waals surface area contributed by atoms with E-state index in [-0.39, 0.29) is 6.61 Å². The third-order valence-corrected chi connectivity index (χ3v) is 5.49. The Morgan fingerprint density at radius 1 is 1.12 bits per heavy atom. The highest BCUT2D eigenvalue weighted by Crippen LogP contribution is 2.27. The van der Waals surface area contributed by atoms with Crippen LogP contribution in [0.5, 0.6) is 0 Å². The van der Waals surface area contributed by atoms with Crippen LogP contribution in [0, 0.1) is 0 Å². The Balaban J connectivity index is 1.92. The summed E-state index contributed by atoms with van der Waals surface area (Å²) in [4.78, 5) is 29.5. The summed E-state index contributed by atoms with van der Waals surface area (Å²) >= 11 is 0. The predicted molar refractivity (Wildman–Crippen MR) is 128 cm³/mol. The van der Waals surface area contributed by atoms with Gasteiger partial charge in [-0.15, -0.1) is 0 Å². The SMILES string of the molecule is CCCCCCc1oc(=O)c2c(nn3c(-c4ccccc4)ccnc23)c1/C=C/C(=O)OCC. The van der Waals surface area contributed by atoms with Crippen LogP contribution in [0.2, 0.25) is 0 Å². The molecule has 33 heavy (non-hydrogen) atoms. The summed E-state index contributed by atoms with van der Waals surface area (Å²) in [5.41, 5.74) is 2.78. The summed E-state index contributed by atoms with van der Waals surface area (Å²) in [6.45, 7) is 4.18. The largest absolute Gasteiger partial charge is 0.463 e. The van der Waals surface area contributed by atoms with Gasteiger partial charge in [0.25, 0.3) is 0 Å². The Morgan fingerprint density at radius 2 is 1.94 bits per heavy atom. The van der Waals surface area contributed by atoms with Crippen molar-refractivity contribution in [1.29, 1.82) is 0 Å². The molecule has 0 saturated carbocycles. The van der Waals surface area contributed by atoms with Crippen molar-refractivity contribution in [3.63, 3.8) is 0 Å². The zero-order valence-electron chi connectivity index (χ0n) is 18.9. The van der Waals surface area contributed by atoms with Gasteiger partial charge >= 0.3 is 11.6 Å². The summed E-state index contributed by atoms with van der Waals surface area (Å²) in [6.07, 6.45) is 9.35. The molecule has 0 N–H and O–H groups in total. The zero-order valence-corrected chi connectivity index (χ0v) is 18.9.